The molecule has 1 fully saturated rings. The van der Waals surface area contributed by atoms with Crippen LogP contribution in [0, 0.1) is 11.7 Å². The number of rotatable bonds is 3. The van der Waals surface area contributed by atoms with Crippen LogP contribution in [0.25, 0.3) is 0 Å². The van der Waals surface area contributed by atoms with E-state index in [1.165, 1.54) is 12.1 Å². The summed E-state index contributed by atoms with van der Waals surface area (Å²) in [5, 5.41) is 10.5. The lowest BCUT2D eigenvalue weighted by molar-refractivity contribution is 0.0356. The van der Waals surface area contributed by atoms with E-state index < -0.39 is 11.9 Å². The molecule has 5 nitrogen and oxygen atoms in total. The summed E-state index contributed by atoms with van der Waals surface area (Å²) in [6.07, 6.45) is 4.29. The van der Waals surface area contributed by atoms with Crippen molar-refractivity contribution in [3.8, 4) is 0 Å². The Kier molecular flexibility index (Phi) is 4.43. The highest BCUT2D eigenvalue weighted by Gasteiger charge is 2.32. The lowest BCUT2D eigenvalue weighted by atomic mass is 9.91. The summed E-state index contributed by atoms with van der Waals surface area (Å²) in [6.45, 7) is 0.984. The third-order valence-electron chi connectivity index (χ3n) is 4.42. The number of hydrogen-bond acceptors (Lipinski definition) is 3. The zero-order valence-corrected chi connectivity index (χ0v) is 13.0. The highest BCUT2D eigenvalue weighted by molar-refractivity contribution is 5.94. The summed E-state index contributed by atoms with van der Waals surface area (Å²) >= 11 is 0. The van der Waals surface area contributed by atoms with Crippen LogP contribution in [-0.4, -0.2) is 38.6 Å². The second kappa shape index (κ2) is 6.50. The van der Waals surface area contributed by atoms with Gasteiger partial charge in [-0.3, -0.25) is 4.79 Å². The highest BCUT2D eigenvalue weighted by atomic mass is 19.1. The average molecular weight is 317 g/mol. The van der Waals surface area contributed by atoms with Crippen molar-refractivity contribution < 1.29 is 14.3 Å². The number of aliphatic hydroxyl groups excluding tert-OH is 1. The van der Waals surface area contributed by atoms with Gasteiger partial charge in [0, 0.05) is 38.4 Å². The number of amides is 1. The number of aryl methyl sites for hydroxylation is 1. The van der Waals surface area contributed by atoms with E-state index in [0.29, 0.717) is 18.9 Å². The van der Waals surface area contributed by atoms with Crippen LogP contribution < -0.4 is 0 Å². The molecular weight excluding hydrogens is 297 g/mol. The van der Waals surface area contributed by atoms with Crippen LogP contribution in [0.3, 0.4) is 0 Å². The zero-order chi connectivity index (χ0) is 16.4. The Morgan fingerprint density at radius 3 is 2.91 bits per heavy atom. The van der Waals surface area contributed by atoms with Crippen LogP contribution in [0.4, 0.5) is 4.39 Å². The number of aromatic nitrogens is 2. The lowest BCUT2D eigenvalue weighted by Gasteiger charge is -2.35. The molecule has 0 saturated carbocycles. The van der Waals surface area contributed by atoms with Crippen LogP contribution >= 0.6 is 0 Å². The summed E-state index contributed by atoms with van der Waals surface area (Å²) in [6, 6.07) is 6.00. The van der Waals surface area contributed by atoms with Gasteiger partial charge < -0.3 is 14.6 Å². The molecule has 6 heteroatoms. The first-order valence-corrected chi connectivity index (χ1v) is 7.77. The van der Waals surface area contributed by atoms with Gasteiger partial charge in [0.1, 0.15) is 17.7 Å². The Morgan fingerprint density at radius 2 is 2.22 bits per heavy atom. The van der Waals surface area contributed by atoms with E-state index in [-0.39, 0.29) is 17.4 Å². The molecule has 2 unspecified atom stereocenters. The van der Waals surface area contributed by atoms with Crippen molar-refractivity contribution in [2.45, 2.75) is 18.9 Å². The third-order valence-corrected chi connectivity index (χ3v) is 4.42. The molecule has 0 aliphatic carbocycles. The van der Waals surface area contributed by atoms with Crippen molar-refractivity contribution in [3.05, 3.63) is 53.9 Å². The molecule has 3 rings (SSSR count). The fraction of sp³-hybridized carbons (Fsp3) is 0.412. The van der Waals surface area contributed by atoms with Gasteiger partial charge >= 0.3 is 0 Å². The minimum atomic E-state index is -0.730. The predicted octanol–water partition coefficient (Wildman–Crippen LogP) is 2.15. The number of aliphatic hydroxyl groups is 1. The number of benzene rings is 1. The molecule has 1 aliphatic rings. The Labute approximate surface area is 134 Å². The number of carbonyl (C=O) groups is 1. The maximum Gasteiger partial charge on any atom is 0.256 e. The first-order chi connectivity index (χ1) is 11.1. The van der Waals surface area contributed by atoms with Crippen LogP contribution in [0.1, 0.15) is 35.1 Å². The molecular formula is C17H20FN3O2. The third kappa shape index (κ3) is 3.12. The van der Waals surface area contributed by atoms with Crippen molar-refractivity contribution in [2.75, 3.05) is 13.1 Å². The second-order valence-electron chi connectivity index (χ2n) is 5.97. The van der Waals surface area contributed by atoms with E-state index in [9.17, 15) is 14.3 Å². The first-order valence-electron chi connectivity index (χ1n) is 7.77. The minimum absolute atomic E-state index is 0.0830. The Hall–Kier alpha value is -2.21. The molecule has 0 spiro atoms. The summed E-state index contributed by atoms with van der Waals surface area (Å²) in [7, 11) is 1.83. The second-order valence-corrected chi connectivity index (χ2v) is 5.97. The molecule has 1 aromatic heterocycles. The molecule has 0 bridgehead atoms. The fourth-order valence-electron chi connectivity index (χ4n) is 3.13. The van der Waals surface area contributed by atoms with Crippen molar-refractivity contribution in [1.29, 1.82) is 0 Å². The SMILES string of the molecule is Cn1ccnc1C(O)C1CCCN(C(=O)c2ccccc2F)C1. The van der Waals surface area contributed by atoms with Crippen LogP contribution in [-0.2, 0) is 7.05 Å². The first kappa shape index (κ1) is 15.7. The average Bonchev–Trinajstić information content (AvgIpc) is 3.00. The standard InChI is InChI=1S/C17H20FN3O2/c1-20-10-8-19-16(20)15(22)12-5-4-9-21(11-12)17(23)13-6-2-3-7-14(13)18/h2-3,6-8,10,12,15,22H,4-5,9,11H2,1H3. The van der Waals surface area contributed by atoms with Crippen molar-refractivity contribution >= 4 is 5.91 Å². The maximum atomic E-state index is 13.8. The van der Waals surface area contributed by atoms with Crippen molar-refractivity contribution in [3.63, 3.8) is 0 Å². The molecule has 1 N–H and O–H groups in total. The van der Waals surface area contributed by atoms with E-state index in [1.54, 1.807) is 34.0 Å². The zero-order valence-electron chi connectivity index (χ0n) is 13.0. The fourth-order valence-corrected chi connectivity index (χ4v) is 3.13. The molecule has 0 radical (unpaired) electrons. The van der Waals surface area contributed by atoms with Crippen molar-refractivity contribution in [2.24, 2.45) is 13.0 Å². The molecule has 122 valence electrons. The highest BCUT2D eigenvalue weighted by Crippen LogP contribution is 2.29. The lowest BCUT2D eigenvalue weighted by Crippen LogP contribution is -2.42. The van der Waals surface area contributed by atoms with E-state index in [1.807, 2.05) is 7.05 Å². The van der Waals surface area contributed by atoms with E-state index in [4.69, 9.17) is 0 Å². The number of imidazole rings is 1. The van der Waals surface area contributed by atoms with Gasteiger partial charge in [-0.25, -0.2) is 9.37 Å². The smallest absolute Gasteiger partial charge is 0.256 e. The number of piperidine rings is 1. The number of likely N-dealkylation sites (tertiary alicyclic amines) is 1. The van der Waals surface area contributed by atoms with Crippen LogP contribution in [0.2, 0.25) is 0 Å². The Morgan fingerprint density at radius 1 is 1.43 bits per heavy atom. The molecule has 2 heterocycles. The molecule has 2 aromatic rings. The molecule has 1 amide bonds. The summed E-state index contributed by atoms with van der Waals surface area (Å²) in [5.74, 6) is -0.333. The van der Waals surface area contributed by atoms with Gasteiger partial charge in [0.25, 0.3) is 5.91 Å². The van der Waals surface area contributed by atoms with Gasteiger partial charge in [-0.05, 0) is 25.0 Å². The van der Waals surface area contributed by atoms with Gasteiger partial charge in [0.15, 0.2) is 0 Å². The topological polar surface area (TPSA) is 58.4 Å². The Bertz CT molecular complexity index is 701. The summed E-state index contributed by atoms with van der Waals surface area (Å²) in [4.78, 5) is 18.3. The predicted molar refractivity (Wildman–Crippen MR) is 83.2 cm³/mol. The maximum absolute atomic E-state index is 13.8. The largest absolute Gasteiger partial charge is 0.385 e. The van der Waals surface area contributed by atoms with Crippen LogP contribution in [0.5, 0.6) is 0 Å². The summed E-state index contributed by atoms with van der Waals surface area (Å²) in [5.41, 5.74) is 0.0830. The molecule has 1 aromatic carbocycles. The molecule has 23 heavy (non-hydrogen) atoms. The van der Waals surface area contributed by atoms with Gasteiger partial charge in [-0.2, -0.15) is 0 Å². The number of halogens is 1. The summed E-state index contributed by atoms with van der Waals surface area (Å²) < 4.78 is 15.6. The number of hydrogen-bond donors (Lipinski definition) is 1. The molecule has 1 saturated heterocycles. The van der Waals surface area contributed by atoms with Gasteiger partial charge in [0.05, 0.1) is 5.56 Å². The van der Waals surface area contributed by atoms with E-state index in [0.717, 1.165) is 12.8 Å². The van der Waals surface area contributed by atoms with E-state index >= 15 is 0 Å². The Balaban J connectivity index is 1.75. The van der Waals surface area contributed by atoms with Crippen molar-refractivity contribution in [1.82, 2.24) is 14.5 Å². The van der Waals surface area contributed by atoms with Gasteiger partial charge in [-0.15, -0.1) is 0 Å². The van der Waals surface area contributed by atoms with Gasteiger partial charge in [-0.1, -0.05) is 12.1 Å². The van der Waals surface area contributed by atoms with E-state index in [2.05, 4.69) is 4.98 Å². The number of nitrogens with zero attached hydrogens (tertiary/aromatic N) is 3. The monoisotopic (exact) mass is 317 g/mol. The normalized spacial score (nSPS) is 19.6. The quantitative estimate of drug-likeness (QED) is 0.943. The van der Waals surface area contributed by atoms with Crippen LogP contribution in [0.15, 0.2) is 36.7 Å². The minimum Gasteiger partial charge on any atom is -0.385 e. The molecule has 2 atom stereocenters. The molecule has 1 aliphatic heterocycles. The number of carbonyl (C=O) groups excluding carboxylic acids is 1. The van der Waals surface area contributed by atoms with Gasteiger partial charge in [0.2, 0.25) is 0 Å².